The van der Waals surface area contributed by atoms with E-state index >= 15 is 0 Å². The van der Waals surface area contributed by atoms with Gasteiger partial charge >= 0.3 is 5.97 Å². The van der Waals surface area contributed by atoms with E-state index < -0.39 is 96.2 Å². The molecule has 0 spiro atoms. The molecule has 63 heavy (non-hydrogen) atoms. The van der Waals surface area contributed by atoms with Crippen LogP contribution in [0.4, 0.5) is 0 Å². The number of carboxylic acids is 1. The van der Waals surface area contributed by atoms with Crippen LogP contribution < -0.4 is 37.6 Å². The Kier molecular flexibility index (Phi) is 20.4. The average Bonchev–Trinajstić information content (AvgIpc) is 4.10. The molecule has 0 saturated carbocycles. The third-order valence-corrected chi connectivity index (χ3v) is 12.8. The van der Waals surface area contributed by atoms with Crippen LogP contribution in [0.25, 0.3) is 0 Å². The van der Waals surface area contributed by atoms with E-state index in [1.54, 1.807) is 0 Å². The number of amides is 8. The maximum Gasteiger partial charge on any atom is 0.326 e. The van der Waals surface area contributed by atoms with Gasteiger partial charge in [0.05, 0.1) is 12.6 Å². The molecule has 0 bridgehead atoms. The number of nitrogens with zero attached hydrogens (tertiary/aromatic N) is 3. The maximum absolute atomic E-state index is 14.1. The number of aliphatic carboxylic acids is 1. The van der Waals surface area contributed by atoms with Gasteiger partial charge in [0.1, 0.15) is 42.3 Å². The van der Waals surface area contributed by atoms with E-state index in [0.29, 0.717) is 83.1 Å². The molecule has 4 rings (SSSR count). The van der Waals surface area contributed by atoms with Crippen molar-refractivity contribution >= 4 is 65.0 Å². The fraction of sp³-hybridized carbons (Fsp3) is 0.786. The fourth-order valence-electron chi connectivity index (χ4n) is 8.84. The van der Waals surface area contributed by atoms with E-state index in [1.165, 1.54) is 33.4 Å². The van der Waals surface area contributed by atoms with Crippen LogP contribution >= 0.6 is 11.8 Å². The first-order valence-corrected chi connectivity index (χ1v) is 24.0. The highest BCUT2D eigenvalue weighted by molar-refractivity contribution is 7.98. The molecule has 354 valence electrons. The molecule has 4 aliphatic rings. The minimum atomic E-state index is -1.09. The van der Waals surface area contributed by atoms with Gasteiger partial charge in [-0.3, -0.25) is 38.4 Å². The lowest BCUT2D eigenvalue weighted by Gasteiger charge is -2.32. The summed E-state index contributed by atoms with van der Waals surface area (Å²) in [6, 6.07) is -7.02. The van der Waals surface area contributed by atoms with Gasteiger partial charge in [-0.15, -0.1) is 0 Å². The fourth-order valence-corrected chi connectivity index (χ4v) is 9.32. The molecule has 9 N–H and O–H groups in total. The summed E-state index contributed by atoms with van der Waals surface area (Å²) in [5, 5.41) is 26.5. The summed E-state index contributed by atoms with van der Waals surface area (Å²) in [7, 11) is 0. The number of unbranched alkanes of at least 4 members (excludes halogenated alkanes) is 1. The zero-order chi connectivity index (χ0) is 46.2. The van der Waals surface area contributed by atoms with Crippen LogP contribution in [0.2, 0.25) is 0 Å². The molecule has 0 aromatic heterocycles. The van der Waals surface area contributed by atoms with E-state index in [1.807, 2.05) is 20.1 Å². The second-order valence-corrected chi connectivity index (χ2v) is 18.4. The normalized spacial score (nSPS) is 22.9. The second-order valence-electron chi connectivity index (χ2n) is 17.4. The molecule has 8 atom stereocenters. The Morgan fingerprint density at radius 1 is 0.683 bits per heavy atom. The van der Waals surface area contributed by atoms with Crippen molar-refractivity contribution in [3.05, 3.63) is 0 Å². The standard InChI is InChI=1S/C42H70N10O10S/c1-25(2)23-30(41(60)51-20-9-14-32(51)38(57)49-29(16-22-63-4)40(59)52-21-10-15-33(52)42(61)62)47-34(53)24-45-37(56)31-13-8-19-50(31)39(58)26(3)46-36(55)28(11-5-6-17-43)48-35(54)27-12-7-18-44-27/h25-33,44H,5-24,43H2,1-4H3,(H,45,56)(H,46,55)(H,47,53)(H,48,54)(H,49,57)(H,61,62)/t26-,27-,28-,29-,30-,31-,32-,33-/m0/s1. The molecule has 4 fully saturated rings. The van der Waals surface area contributed by atoms with Crippen LogP contribution in [0.3, 0.4) is 0 Å². The summed E-state index contributed by atoms with van der Waals surface area (Å²) < 4.78 is 0. The Hall–Kier alpha value is -4.50. The monoisotopic (exact) mass is 906 g/mol. The maximum atomic E-state index is 14.1. The first kappa shape index (κ1) is 51.1. The number of nitrogens with two attached hydrogens (primary N) is 1. The van der Waals surface area contributed by atoms with Gasteiger partial charge in [-0.05, 0) is 121 Å². The predicted octanol–water partition coefficient (Wildman–Crippen LogP) is -1.20. The highest BCUT2D eigenvalue weighted by Gasteiger charge is 2.42. The van der Waals surface area contributed by atoms with Crippen molar-refractivity contribution in [1.82, 2.24) is 46.6 Å². The van der Waals surface area contributed by atoms with Gasteiger partial charge in [0.2, 0.25) is 47.3 Å². The Morgan fingerprint density at radius 2 is 1.27 bits per heavy atom. The third-order valence-electron chi connectivity index (χ3n) is 12.2. The Labute approximate surface area is 374 Å². The molecule has 0 radical (unpaired) electrons. The molecule has 0 unspecified atom stereocenters. The van der Waals surface area contributed by atoms with E-state index in [9.17, 15) is 48.3 Å². The van der Waals surface area contributed by atoms with Gasteiger partial charge in [0, 0.05) is 19.6 Å². The highest BCUT2D eigenvalue weighted by Crippen LogP contribution is 2.24. The smallest absolute Gasteiger partial charge is 0.326 e. The second kappa shape index (κ2) is 25.1. The number of carboxylic acid groups (broad SMARTS) is 1. The Balaban J connectivity index is 1.33. The van der Waals surface area contributed by atoms with Crippen LogP contribution in [0, 0.1) is 5.92 Å². The molecule has 21 heteroatoms. The van der Waals surface area contributed by atoms with Gasteiger partial charge in [-0.1, -0.05) is 13.8 Å². The van der Waals surface area contributed by atoms with Crippen molar-refractivity contribution in [3.8, 4) is 0 Å². The van der Waals surface area contributed by atoms with Crippen LogP contribution in [0.1, 0.15) is 104 Å². The molecule has 0 aromatic rings. The topological polar surface area (TPSA) is 282 Å². The van der Waals surface area contributed by atoms with E-state index in [0.717, 1.165) is 6.42 Å². The molecular formula is C42H70N10O10S. The van der Waals surface area contributed by atoms with Crippen LogP contribution in [-0.2, 0) is 43.2 Å². The Morgan fingerprint density at radius 3 is 1.86 bits per heavy atom. The number of thioether (sulfide) groups is 1. The Bertz CT molecular complexity index is 1650. The van der Waals surface area contributed by atoms with E-state index in [4.69, 9.17) is 5.73 Å². The minimum absolute atomic E-state index is 0.0396. The zero-order valence-corrected chi connectivity index (χ0v) is 38.1. The molecule has 20 nitrogen and oxygen atoms in total. The number of rotatable bonds is 23. The minimum Gasteiger partial charge on any atom is -0.480 e. The van der Waals surface area contributed by atoms with E-state index in [2.05, 4.69) is 31.9 Å². The summed E-state index contributed by atoms with van der Waals surface area (Å²) >= 11 is 1.49. The molecule has 0 aromatic carbocycles. The first-order chi connectivity index (χ1) is 30.1. The largest absolute Gasteiger partial charge is 0.480 e. The van der Waals surface area contributed by atoms with E-state index in [-0.39, 0.29) is 50.3 Å². The molecule has 8 amide bonds. The van der Waals surface area contributed by atoms with Crippen molar-refractivity contribution in [1.29, 1.82) is 0 Å². The summed E-state index contributed by atoms with van der Waals surface area (Å²) in [4.78, 5) is 124. The number of likely N-dealkylation sites (tertiary alicyclic amines) is 3. The SMILES string of the molecule is CSCC[C@H](NC(=O)[C@@H]1CCCN1C(=O)[C@H](CC(C)C)NC(=O)CNC(=O)[C@@H]1CCCN1C(=O)[C@H](C)NC(=O)[C@H](CCCCN)NC(=O)[C@@H]1CCCN1)C(=O)N1CCC[C@H]1C(=O)O. The highest BCUT2D eigenvalue weighted by atomic mass is 32.2. The summed E-state index contributed by atoms with van der Waals surface area (Å²) in [5.74, 6) is -4.54. The van der Waals surface area contributed by atoms with Gasteiger partial charge < -0.3 is 57.4 Å². The van der Waals surface area contributed by atoms with Crippen LogP contribution in [0.5, 0.6) is 0 Å². The number of hydrogen-bond donors (Lipinski definition) is 8. The third kappa shape index (κ3) is 14.5. The van der Waals surface area contributed by atoms with Crippen molar-refractivity contribution in [2.75, 3.05) is 51.3 Å². The van der Waals surface area contributed by atoms with Gasteiger partial charge in [0.25, 0.3) is 0 Å². The van der Waals surface area contributed by atoms with Crippen LogP contribution in [0.15, 0.2) is 0 Å². The van der Waals surface area contributed by atoms with Crippen molar-refractivity contribution < 1.29 is 48.3 Å². The van der Waals surface area contributed by atoms with Crippen LogP contribution in [-0.4, -0.2) is 173 Å². The van der Waals surface area contributed by atoms with Crippen molar-refractivity contribution in [3.63, 3.8) is 0 Å². The molecular weight excluding hydrogens is 837 g/mol. The lowest BCUT2D eigenvalue weighted by atomic mass is 10.0. The number of carbonyl (C=O) groups is 9. The molecule has 4 heterocycles. The first-order valence-electron chi connectivity index (χ1n) is 22.6. The van der Waals surface area contributed by atoms with Gasteiger partial charge in [0.15, 0.2) is 0 Å². The molecule has 0 aliphatic carbocycles. The summed E-state index contributed by atoms with van der Waals surface area (Å²) in [5.41, 5.74) is 5.65. The average molecular weight is 907 g/mol. The predicted molar refractivity (Wildman–Crippen MR) is 235 cm³/mol. The van der Waals surface area contributed by atoms with Crippen molar-refractivity contribution in [2.24, 2.45) is 11.7 Å². The zero-order valence-electron chi connectivity index (χ0n) is 37.3. The summed E-state index contributed by atoms with van der Waals surface area (Å²) in [6.07, 6.45) is 8.09. The van der Waals surface area contributed by atoms with Gasteiger partial charge in [-0.25, -0.2) is 4.79 Å². The summed E-state index contributed by atoms with van der Waals surface area (Å²) in [6.45, 7) is 6.74. The number of hydrogen-bond acceptors (Lipinski definition) is 12. The van der Waals surface area contributed by atoms with Gasteiger partial charge in [-0.2, -0.15) is 11.8 Å². The molecule has 4 aliphatic heterocycles. The number of carbonyl (C=O) groups excluding carboxylic acids is 8. The lowest BCUT2D eigenvalue weighted by Crippen LogP contribution is -2.58. The quantitative estimate of drug-likeness (QED) is 0.0561. The molecule has 4 saturated heterocycles. The number of nitrogens with one attached hydrogen (secondary N) is 6. The lowest BCUT2D eigenvalue weighted by molar-refractivity contribution is -0.149. The van der Waals surface area contributed by atoms with Crippen molar-refractivity contribution in [2.45, 2.75) is 153 Å².